The Morgan fingerprint density at radius 3 is 2.42 bits per heavy atom. The summed E-state index contributed by atoms with van der Waals surface area (Å²) in [5.74, 6) is -0.0557. The summed E-state index contributed by atoms with van der Waals surface area (Å²) in [4.78, 5) is 28.2. The molecule has 0 unspecified atom stereocenters. The smallest absolute Gasteiger partial charge is 0.272 e. The summed E-state index contributed by atoms with van der Waals surface area (Å²) in [6.07, 6.45) is 3.02. The summed E-state index contributed by atoms with van der Waals surface area (Å²) in [7, 11) is 1.67. The number of aromatic nitrogens is 1. The zero-order valence-electron chi connectivity index (χ0n) is 26.1. The molecule has 2 heterocycles. The van der Waals surface area contributed by atoms with Crippen molar-refractivity contribution in [3.8, 4) is 5.75 Å². The van der Waals surface area contributed by atoms with Crippen LogP contribution in [0.15, 0.2) is 36.4 Å². The highest BCUT2D eigenvalue weighted by Crippen LogP contribution is 2.39. The first-order chi connectivity index (χ1) is 20.2. The molecule has 4 N–H and O–H groups in total. The van der Waals surface area contributed by atoms with Crippen LogP contribution in [0, 0.1) is 0 Å². The van der Waals surface area contributed by atoms with Gasteiger partial charge < -0.3 is 25.3 Å². The highest BCUT2D eigenvalue weighted by Gasteiger charge is 2.27. The zero-order chi connectivity index (χ0) is 31.5. The van der Waals surface area contributed by atoms with Gasteiger partial charge in [-0.25, -0.2) is 8.42 Å². The fraction of sp³-hybridized carbons (Fsp3) is 0.484. The van der Waals surface area contributed by atoms with Crippen LogP contribution in [0.4, 0.5) is 11.4 Å². The van der Waals surface area contributed by atoms with Crippen molar-refractivity contribution in [2.45, 2.75) is 51.6 Å². The minimum atomic E-state index is -3.60. The van der Waals surface area contributed by atoms with Gasteiger partial charge in [-0.05, 0) is 61.2 Å². The van der Waals surface area contributed by atoms with Gasteiger partial charge in [0.2, 0.25) is 15.9 Å². The van der Waals surface area contributed by atoms with Gasteiger partial charge in [0.15, 0.2) is 5.75 Å². The van der Waals surface area contributed by atoms with Crippen molar-refractivity contribution >= 4 is 44.1 Å². The van der Waals surface area contributed by atoms with E-state index in [1.54, 1.807) is 6.07 Å². The third-order valence-electron chi connectivity index (χ3n) is 7.81. The summed E-state index contributed by atoms with van der Waals surface area (Å²) in [5, 5.41) is 10.3. The van der Waals surface area contributed by atoms with Crippen LogP contribution < -0.4 is 25.4 Å². The summed E-state index contributed by atoms with van der Waals surface area (Å²) in [6.45, 7) is 8.69. The lowest BCUT2D eigenvalue weighted by Crippen LogP contribution is -2.43. The molecule has 1 saturated heterocycles. The quantitative estimate of drug-likeness (QED) is 0.244. The number of methoxy groups -OCH3 is 1. The number of sulfonamides is 1. The van der Waals surface area contributed by atoms with E-state index in [0.29, 0.717) is 31.0 Å². The third-order valence-corrected chi connectivity index (χ3v) is 8.41. The van der Waals surface area contributed by atoms with E-state index in [0.717, 1.165) is 47.7 Å². The van der Waals surface area contributed by atoms with E-state index in [2.05, 4.69) is 25.6 Å². The molecule has 1 aliphatic heterocycles. The number of carbonyl (C=O) groups excluding carboxylic acids is 2. The van der Waals surface area contributed by atoms with E-state index < -0.39 is 10.0 Å². The molecule has 1 fully saturated rings. The molecule has 2 amide bonds. The number of anilines is 2. The molecule has 11 nitrogen and oxygen atoms in total. The number of amides is 2. The molecule has 1 aliphatic rings. The van der Waals surface area contributed by atoms with Crippen molar-refractivity contribution in [2.24, 2.45) is 7.05 Å². The molecular formula is C31H44N6O5S. The van der Waals surface area contributed by atoms with Gasteiger partial charge in [0.1, 0.15) is 5.69 Å². The van der Waals surface area contributed by atoms with Crippen molar-refractivity contribution in [3.63, 3.8) is 0 Å². The van der Waals surface area contributed by atoms with Crippen molar-refractivity contribution < 1.29 is 22.7 Å². The number of aryl methyl sites for hydroxylation is 1. The van der Waals surface area contributed by atoms with Crippen LogP contribution in [0.3, 0.4) is 0 Å². The number of ether oxygens (including phenoxy) is 1. The molecule has 0 saturated carbocycles. The molecule has 1 atom stereocenters. The molecule has 43 heavy (non-hydrogen) atoms. The predicted octanol–water partition coefficient (Wildman–Crippen LogP) is 3.41. The number of benzene rings is 2. The number of fused-ring (bicyclic) bond motifs is 1. The first-order valence-electron chi connectivity index (χ1n) is 14.5. The molecular weight excluding hydrogens is 568 g/mol. The Labute approximate surface area is 254 Å². The number of likely N-dealkylation sites (N-methyl/N-ethyl adjacent to an activating group) is 1. The number of likely N-dealkylation sites (tertiary alicyclic amines) is 1. The van der Waals surface area contributed by atoms with Crippen LogP contribution in [0.5, 0.6) is 5.75 Å². The Bertz CT molecular complexity index is 1610. The molecule has 3 aromatic rings. The molecule has 0 spiro atoms. The Hall–Kier alpha value is -3.61. The molecule has 1 aromatic heterocycles. The van der Waals surface area contributed by atoms with Gasteiger partial charge >= 0.3 is 0 Å². The lowest BCUT2D eigenvalue weighted by Gasteiger charge is -2.24. The van der Waals surface area contributed by atoms with Crippen LogP contribution in [-0.2, 0) is 33.8 Å². The van der Waals surface area contributed by atoms with Crippen LogP contribution in [0.25, 0.3) is 10.9 Å². The van der Waals surface area contributed by atoms with Gasteiger partial charge in [0.05, 0.1) is 36.3 Å². The Morgan fingerprint density at radius 2 is 1.79 bits per heavy atom. The molecule has 234 valence electrons. The van der Waals surface area contributed by atoms with E-state index in [4.69, 9.17) is 4.74 Å². The average Bonchev–Trinajstić information content (AvgIpc) is 3.50. The Kier molecular flexibility index (Phi) is 9.73. The standard InChI is InChI=1S/C31H44N6O5S/c1-31(2,3)22-17-23(28(42-6)24(18-22)35-43(7,40)41)34-30(39)26-16-20-10-8-11-21(27(20)37(26)5)19-32-13-14-33-29(38)25-12-9-15-36(25)4/h8,10-11,16-18,25,32,35H,9,12-15,19H2,1-7H3,(H,33,38)(H,34,39)/t25-/m0/s1. The van der Waals surface area contributed by atoms with E-state index in [-0.39, 0.29) is 34.7 Å². The number of nitrogens with one attached hydrogen (secondary N) is 4. The Balaban J connectivity index is 1.52. The first-order valence-corrected chi connectivity index (χ1v) is 16.4. The van der Waals surface area contributed by atoms with E-state index in [1.807, 2.05) is 69.8 Å². The molecule has 4 rings (SSSR count). The lowest BCUT2D eigenvalue weighted by molar-refractivity contribution is -0.125. The van der Waals surface area contributed by atoms with Crippen molar-refractivity contribution in [1.29, 1.82) is 0 Å². The second kappa shape index (κ2) is 12.9. The monoisotopic (exact) mass is 612 g/mol. The number of carbonyl (C=O) groups is 2. The minimum absolute atomic E-state index is 0.0416. The van der Waals surface area contributed by atoms with Crippen LogP contribution in [-0.4, -0.2) is 75.8 Å². The third kappa shape index (κ3) is 7.67. The van der Waals surface area contributed by atoms with E-state index >= 15 is 0 Å². The molecule has 0 aliphatic carbocycles. The highest BCUT2D eigenvalue weighted by atomic mass is 32.2. The SMILES string of the molecule is COc1c(NC(=O)c2cc3cccc(CNCCNC(=O)[C@@H]4CCCN4C)c3n2C)cc(C(C)(C)C)cc1NS(C)(=O)=O. The van der Waals surface area contributed by atoms with Gasteiger partial charge in [-0.3, -0.25) is 19.2 Å². The summed E-state index contributed by atoms with van der Waals surface area (Å²) < 4.78 is 34.1. The molecule has 0 radical (unpaired) electrons. The lowest BCUT2D eigenvalue weighted by atomic mass is 9.86. The first kappa shape index (κ1) is 32.3. The summed E-state index contributed by atoms with van der Waals surface area (Å²) in [5.41, 5.74) is 3.51. The van der Waals surface area contributed by atoms with Gasteiger partial charge in [-0.15, -0.1) is 0 Å². The van der Waals surface area contributed by atoms with Crippen molar-refractivity contribution in [2.75, 3.05) is 50.1 Å². The largest absolute Gasteiger partial charge is 0.492 e. The number of hydrogen-bond donors (Lipinski definition) is 4. The zero-order valence-corrected chi connectivity index (χ0v) is 26.9. The molecule has 0 bridgehead atoms. The second-order valence-electron chi connectivity index (χ2n) is 12.2. The maximum Gasteiger partial charge on any atom is 0.272 e. The van der Waals surface area contributed by atoms with Gasteiger partial charge in [-0.2, -0.15) is 0 Å². The van der Waals surface area contributed by atoms with E-state index in [9.17, 15) is 18.0 Å². The van der Waals surface area contributed by atoms with Crippen molar-refractivity contribution in [1.82, 2.24) is 20.1 Å². The Morgan fingerprint density at radius 1 is 1.07 bits per heavy atom. The average molecular weight is 613 g/mol. The van der Waals surface area contributed by atoms with Gasteiger partial charge in [-0.1, -0.05) is 39.0 Å². The second-order valence-corrected chi connectivity index (χ2v) is 14.0. The number of hydrogen-bond acceptors (Lipinski definition) is 7. The van der Waals surface area contributed by atoms with Crippen molar-refractivity contribution in [3.05, 3.63) is 53.2 Å². The predicted molar refractivity (Wildman–Crippen MR) is 171 cm³/mol. The molecule has 2 aromatic carbocycles. The van der Waals surface area contributed by atoms with Crippen LogP contribution >= 0.6 is 0 Å². The molecule has 12 heteroatoms. The number of nitrogens with zero attached hydrogens (tertiary/aromatic N) is 2. The minimum Gasteiger partial charge on any atom is -0.492 e. The summed E-state index contributed by atoms with van der Waals surface area (Å²) in [6, 6.07) is 11.3. The maximum atomic E-state index is 13.7. The normalized spacial score (nSPS) is 15.9. The fourth-order valence-corrected chi connectivity index (χ4v) is 6.11. The number of rotatable bonds is 11. The van der Waals surface area contributed by atoms with Crippen LogP contribution in [0.1, 0.15) is 55.2 Å². The topological polar surface area (TPSA) is 134 Å². The van der Waals surface area contributed by atoms with E-state index in [1.165, 1.54) is 7.11 Å². The fourth-order valence-electron chi connectivity index (χ4n) is 5.55. The highest BCUT2D eigenvalue weighted by molar-refractivity contribution is 7.92. The number of para-hydroxylation sites is 1. The summed E-state index contributed by atoms with van der Waals surface area (Å²) >= 11 is 0. The van der Waals surface area contributed by atoms with Crippen LogP contribution in [0.2, 0.25) is 0 Å². The van der Waals surface area contributed by atoms with Gasteiger partial charge in [0.25, 0.3) is 5.91 Å². The maximum absolute atomic E-state index is 13.7. The van der Waals surface area contributed by atoms with Gasteiger partial charge in [0, 0.05) is 32.1 Å².